The van der Waals surface area contributed by atoms with E-state index in [1.807, 2.05) is 0 Å². The number of aryl methyl sites for hydroxylation is 1. The summed E-state index contributed by atoms with van der Waals surface area (Å²) >= 11 is 0. The Bertz CT molecular complexity index is 460. The molecule has 1 aromatic rings. The lowest BCUT2D eigenvalue weighted by Crippen LogP contribution is -2.23. The van der Waals surface area contributed by atoms with Crippen LogP contribution in [-0.2, 0) is 13.0 Å². The fourth-order valence-electron chi connectivity index (χ4n) is 3.91. The van der Waals surface area contributed by atoms with Gasteiger partial charge in [-0.25, -0.2) is 4.98 Å². The van der Waals surface area contributed by atoms with Crippen LogP contribution in [0.2, 0.25) is 0 Å². The molecule has 2 atom stereocenters. The summed E-state index contributed by atoms with van der Waals surface area (Å²) in [5, 5.41) is 3.51. The molecule has 2 fully saturated rings. The zero-order chi connectivity index (χ0) is 14.7. The quantitative estimate of drug-likeness (QED) is 0.813. The van der Waals surface area contributed by atoms with Crippen molar-refractivity contribution in [1.29, 1.82) is 0 Å². The molecule has 1 saturated carbocycles. The van der Waals surface area contributed by atoms with E-state index in [1.54, 1.807) is 0 Å². The number of hydrogen-bond acceptors (Lipinski definition) is 3. The van der Waals surface area contributed by atoms with Gasteiger partial charge in [-0.15, -0.1) is 0 Å². The highest BCUT2D eigenvalue weighted by Gasteiger charge is 2.36. The van der Waals surface area contributed by atoms with Gasteiger partial charge in [0.25, 0.3) is 0 Å². The Morgan fingerprint density at radius 2 is 1.95 bits per heavy atom. The van der Waals surface area contributed by atoms with Crippen molar-refractivity contribution in [2.75, 3.05) is 24.5 Å². The average Bonchev–Trinajstić information content (AvgIpc) is 3.08. The fourth-order valence-corrected chi connectivity index (χ4v) is 3.91. The van der Waals surface area contributed by atoms with Gasteiger partial charge in [0.1, 0.15) is 5.82 Å². The van der Waals surface area contributed by atoms with E-state index in [2.05, 4.69) is 36.2 Å². The SMILES string of the molecule is CCCNCc1cc(CC)nc(N2CC3CCCC3C2)c1. The first-order valence-corrected chi connectivity index (χ1v) is 8.75. The largest absolute Gasteiger partial charge is 0.356 e. The predicted octanol–water partition coefficient (Wildman–Crippen LogP) is 3.38. The van der Waals surface area contributed by atoms with Crippen LogP contribution < -0.4 is 10.2 Å². The smallest absolute Gasteiger partial charge is 0.129 e. The Kier molecular flexibility index (Phi) is 4.79. The van der Waals surface area contributed by atoms with Crippen molar-refractivity contribution in [2.45, 2.75) is 52.5 Å². The summed E-state index contributed by atoms with van der Waals surface area (Å²) < 4.78 is 0. The van der Waals surface area contributed by atoms with E-state index in [0.29, 0.717) is 0 Å². The third kappa shape index (κ3) is 3.39. The average molecular weight is 287 g/mol. The first-order valence-electron chi connectivity index (χ1n) is 8.75. The Hall–Kier alpha value is -1.09. The Labute approximate surface area is 129 Å². The van der Waals surface area contributed by atoms with Gasteiger partial charge in [0.15, 0.2) is 0 Å². The first-order chi connectivity index (χ1) is 10.3. The van der Waals surface area contributed by atoms with Crippen molar-refractivity contribution in [2.24, 2.45) is 11.8 Å². The van der Waals surface area contributed by atoms with Crippen molar-refractivity contribution in [3.63, 3.8) is 0 Å². The van der Waals surface area contributed by atoms with E-state index < -0.39 is 0 Å². The van der Waals surface area contributed by atoms with Gasteiger partial charge in [-0.2, -0.15) is 0 Å². The molecule has 1 saturated heterocycles. The number of nitrogens with zero attached hydrogens (tertiary/aromatic N) is 2. The number of pyridine rings is 1. The van der Waals surface area contributed by atoms with Gasteiger partial charge in [0, 0.05) is 25.3 Å². The summed E-state index contributed by atoms with van der Waals surface area (Å²) in [7, 11) is 0. The minimum Gasteiger partial charge on any atom is -0.356 e. The standard InChI is InChI=1S/C18H29N3/c1-3-8-19-11-14-9-17(4-2)20-18(10-14)21-12-15-6-5-7-16(15)13-21/h9-10,15-16,19H,3-8,11-13H2,1-2H3. The molecule has 2 aliphatic rings. The normalized spacial score (nSPS) is 24.6. The molecule has 0 aromatic carbocycles. The molecule has 2 unspecified atom stereocenters. The van der Waals surface area contributed by atoms with E-state index >= 15 is 0 Å². The predicted molar refractivity (Wildman–Crippen MR) is 88.7 cm³/mol. The molecule has 1 aliphatic carbocycles. The molecule has 116 valence electrons. The molecule has 0 bridgehead atoms. The molecule has 1 N–H and O–H groups in total. The highest BCUT2D eigenvalue weighted by atomic mass is 15.2. The minimum absolute atomic E-state index is 0.929. The van der Waals surface area contributed by atoms with E-state index in [-0.39, 0.29) is 0 Å². The highest BCUT2D eigenvalue weighted by molar-refractivity contribution is 5.44. The second kappa shape index (κ2) is 6.78. The molecule has 1 aliphatic heterocycles. The topological polar surface area (TPSA) is 28.2 Å². The zero-order valence-corrected chi connectivity index (χ0v) is 13.6. The van der Waals surface area contributed by atoms with E-state index in [1.165, 1.54) is 55.8 Å². The van der Waals surface area contributed by atoms with Crippen LogP contribution in [0.1, 0.15) is 50.8 Å². The fraction of sp³-hybridized carbons (Fsp3) is 0.722. The maximum Gasteiger partial charge on any atom is 0.129 e. The molecule has 3 nitrogen and oxygen atoms in total. The molecule has 0 spiro atoms. The van der Waals surface area contributed by atoms with Crippen LogP contribution in [0.5, 0.6) is 0 Å². The second-order valence-electron chi connectivity index (χ2n) is 6.71. The monoisotopic (exact) mass is 287 g/mol. The van der Waals surface area contributed by atoms with Gasteiger partial charge in [0.05, 0.1) is 0 Å². The van der Waals surface area contributed by atoms with E-state index in [4.69, 9.17) is 4.98 Å². The van der Waals surface area contributed by atoms with E-state index in [0.717, 1.165) is 31.3 Å². The number of nitrogens with one attached hydrogen (secondary N) is 1. The Morgan fingerprint density at radius 3 is 2.62 bits per heavy atom. The lowest BCUT2D eigenvalue weighted by Gasteiger charge is -2.20. The van der Waals surface area contributed by atoms with Gasteiger partial charge in [-0.1, -0.05) is 20.3 Å². The van der Waals surface area contributed by atoms with Crippen LogP contribution in [0.3, 0.4) is 0 Å². The molecule has 0 radical (unpaired) electrons. The molecule has 2 heterocycles. The van der Waals surface area contributed by atoms with Crippen molar-refractivity contribution < 1.29 is 0 Å². The number of hydrogen-bond donors (Lipinski definition) is 1. The number of fused-ring (bicyclic) bond motifs is 1. The second-order valence-corrected chi connectivity index (χ2v) is 6.71. The van der Waals surface area contributed by atoms with Gasteiger partial charge >= 0.3 is 0 Å². The van der Waals surface area contributed by atoms with E-state index in [9.17, 15) is 0 Å². The maximum absolute atomic E-state index is 4.89. The minimum atomic E-state index is 0.929. The maximum atomic E-state index is 4.89. The third-order valence-corrected chi connectivity index (χ3v) is 5.09. The van der Waals surface area contributed by atoms with Gasteiger partial charge < -0.3 is 10.2 Å². The van der Waals surface area contributed by atoms with Crippen LogP contribution in [-0.4, -0.2) is 24.6 Å². The summed E-state index contributed by atoms with van der Waals surface area (Å²) in [6.45, 7) is 8.93. The summed E-state index contributed by atoms with van der Waals surface area (Å²) in [4.78, 5) is 7.43. The van der Waals surface area contributed by atoms with Crippen LogP contribution in [0.25, 0.3) is 0 Å². The molecule has 1 aromatic heterocycles. The summed E-state index contributed by atoms with van der Waals surface area (Å²) in [6, 6.07) is 4.58. The molecule has 21 heavy (non-hydrogen) atoms. The van der Waals surface area contributed by atoms with Gasteiger partial charge in [-0.05, 0) is 61.8 Å². The molecule has 3 heteroatoms. The highest BCUT2D eigenvalue weighted by Crippen LogP contribution is 2.39. The first kappa shape index (κ1) is 14.8. The molecule has 0 amide bonds. The third-order valence-electron chi connectivity index (χ3n) is 5.09. The summed E-state index contributed by atoms with van der Waals surface area (Å²) in [6.07, 6.45) is 6.51. The Morgan fingerprint density at radius 1 is 1.19 bits per heavy atom. The zero-order valence-electron chi connectivity index (χ0n) is 13.6. The van der Waals surface area contributed by atoms with Gasteiger partial charge in [-0.3, -0.25) is 0 Å². The molecule has 3 rings (SSSR count). The van der Waals surface area contributed by atoms with Crippen molar-refractivity contribution in [1.82, 2.24) is 10.3 Å². The van der Waals surface area contributed by atoms with Crippen LogP contribution in [0, 0.1) is 11.8 Å². The van der Waals surface area contributed by atoms with Crippen LogP contribution >= 0.6 is 0 Å². The van der Waals surface area contributed by atoms with Crippen molar-refractivity contribution >= 4 is 5.82 Å². The summed E-state index contributed by atoms with van der Waals surface area (Å²) in [5.41, 5.74) is 2.63. The lowest BCUT2D eigenvalue weighted by atomic mass is 10.0. The lowest BCUT2D eigenvalue weighted by molar-refractivity contribution is 0.494. The van der Waals surface area contributed by atoms with Crippen molar-refractivity contribution in [3.05, 3.63) is 23.4 Å². The molecular formula is C18H29N3. The van der Waals surface area contributed by atoms with Gasteiger partial charge in [0.2, 0.25) is 0 Å². The summed E-state index contributed by atoms with van der Waals surface area (Å²) in [5.74, 6) is 3.08. The molecular weight excluding hydrogens is 258 g/mol. The Balaban J connectivity index is 1.73. The number of anilines is 1. The van der Waals surface area contributed by atoms with Crippen molar-refractivity contribution in [3.8, 4) is 0 Å². The van der Waals surface area contributed by atoms with Crippen LogP contribution in [0.4, 0.5) is 5.82 Å². The van der Waals surface area contributed by atoms with Crippen LogP contribution in [0.15, 0.2) is 12.1 Å². The number of rotatable bonds is 6. The number of aromatic nitrogens is 1.